The van der Waals surface area contributed by atoms with Gasteiger partial charge in [0.1, 0.15) is 0 Å². The van der Waals surface area contributed by atoms with Crippen LogP contribution in [-0.2, 0) is 4.74 Å². The van der Waals surface area contributed by atoms with Crippen molar-refractivity contribution in [2.75, 3.05) is 0 Å². The number of aryl methyl sites for hydroxylation is 1. The van der Waals surface area contributed by atoms with Crippen molar-refractivity contribution in [3.8, 4) is 0 Å². The Bertz CT molecular complexity index is 338. The van der Waals surface area contributed by atoms with Crippen molar-refractivity contribution in [2.45, 2.75) is 13.2 Å². The molecule has 0 saturated carbocycles. The fourth-order valence-electron chi connectivity index (χ4n) is 1.31. The fraction of sp³-hybridized carbons (Fsp3) is 0.222. The lowest BCUT2D eigenvalue weighted by molar-refractivity contribution is 0.130. The van der Waals surface area contributed by atoms with Gasteiger partial charge in [-0.2, -0.15) is 5.43 Å². The molecule has 1 fully saturated rings. The van der Waals surface area contributed by atoms with E-state index < -0.39 is 6.09 Å². The van der Waals surface area contributed by atoms with Crippen molar-refractivity contribution in [3.63, 3.8) is 0 Å². The van der Waals surface area contributed by atoms with Crippen molar-refractivity contribution >= 4 is 6.09 Å². The Morgan fingerprint density at radius 2 is 2.15 bits per heavy atom. The van der Waals surface area contributed by atoms with Crippen LogP contribution in [0.2, 0.25) is 0 Å². The van der Waals surface area contributed by atoms with Crippen LogP contribution in [-0.4, -0.2) is 6.09 Å². The molecule has 2 N–H and O–H groups in total. The van der Waals surface area contributed by atoms with Crippen LogP contribution in [0, 0.1) is 6.92 Å². The number of amides is 1. The Hall–Kier alpha value is -1.55. The number of cyclic esters (lactones) is 1. The molecule has 1 aliphatic rings. The zero-order chi connectivity index (χ0) is 9.26. The highest BCUT2D eigenvalue weighted by molar-refractivity contribution is 5.68. The number of rotatable bonds is 1. The van der Waals surface area contributed by atoms with E-state index in [4.69, 9.17) is 4.74 Å². The standard InChI is InChI=1S/C9H10N2O2/c1-6-4-2-3-5-7(6)8-10-11-9(12)13-8/h2-5,8,10H,1H3,(H,11,12). The molecule has 1 aliphatic heterocycles. The highest BCUT2D eigenvalue weighted by Crippen LogP contribution is 2.20. The van der Waals surface area contributed by atoms with Crippen molar-refractivity contribution in [3.05, 3.63) is 35.4 Å². The molecule has 1 aromatic rings. The van der Waals surface area contributed by atoms with Gasteiger partial charge in [-0.05, 0) is 12.5 Å². The van der Waals surface area contributed by atoms with Gasteiger partial charge < -0.3 is 4.74 Å². The van der Waals surface area contributed by atoms with Crippen LogP contribution in [0.25, 0.3) is 0 Å². The van der Waals surface area contributed by atoms with E-state index in [0.717, 1.165) is 11.1 Å². The molecule has 1 aromatic carbocycles. The van der Waals surface area contributed by atoms with E-state index in [9.17, 15) is 4.79 Å². The van der Waals surface area contributed by atoms with E-state index in [1.807, 2.05) is 31.2 Å². The number of hydrazine groups is 1. The smallest absolute Gasteiger partial charge is 0.423 e. The van der Waals surface area contributed by atoms with Gasteiger partial charge in [-0.25, -0.2) is 4.79 Å². The van der Waals surface area contributed by atoms with Crippen LogP contribution < -0.4 is 10.9 Å². The van der Waals surface area contributed by atoms with E-state index in [-0.39, 0.29) is 6.23 Å². The SMILES string of the molecule is Cc1ccccc1C1NNC(=O)O1. The maximum Gasteiger partial charge on any atom is 0.423 e. The summed E-state index contributed by atoms with van der Waals surface area (Å²) in [4.78, 5) is 10.7. The van der Waals surface area contributed by atoms with Crippen molar-refractivity contribution < 1.29 is 9.53 Å². The fourth-order valence-corrected chi connectivity index (χ4v) is 1.31. The summed E-state index contributed by atoms with van der Waals surface area (Å²) in [6.45, 7) is 1.98. The summed E-state index contributed by atoms with van der Waals surface area (Å²) < 4.78 is 4.97. The first-order valence-corrected chi connectivity index (χ1v) is 4.05. The van der Waals surface area contributed by atoms with Gasteiger partial charge in [0.05, 0.1) is 0 Å². The topological polar surface area (TPSA) is 50.4 Å². The van der Waals surface area contributed by atoms with Gasteiger partial charge in [-0.3, -0.25) is 5.43 Å². The first kappa shape index (κ1) is 8.07. The lowest BCUT2D eigenvalue weighted by Gasteiger charge is -2.10. The molecule has 1 saturated heterocycles. The van der Waals surface area contributed by atoms with Crippen molar-refractivity contribution in [1.82, 2.24) is 10.9 Å². The average Bonchev–Trinajstić information content (AvgIpc) is 2.53. The molecule has 0 bridgehead atoms. The Morgan fingerprint density at radius 1 is 1.38 bits per heavy atom. The van der Waals surface area contributed by atoms with Crippen LogP contribution in [0.4, 0.5) is 4.79 Å². The summed E-state index contributed by atoms with van der Waals surface area (Å²) in [6.07, 6.45) is -0.804. The molecule has 0 aromatic heterocycles. The normalized spacial score (nSPS) is 21.0. The van der Waals surface area contributed by atoms with Crippen LogP contribution in [0.3, 0.4) is 0 Å². The van der Waals surface area contributed by atoms with Gasteiger partial charge in [0, 0.05) is 5.56 Å². The Labute approximate surface area is 75.9 Å². The van der Waals surface area contributed by atoms with E-state index >= 15 is 0 Å². The first-order chi connectivity index (χ1) is 6.27. The molecule has 68 valence electrons. The minimum absolute atomic E-state index is 0.367. The zero-order valence-electron chi connectivity index (χ0n) is 7.20. The third-order valence-electron chi connectivity index (χ3n) is 2.00. The zero-order valence-corrected chi connectivity index (χ0v) is 7.20. The molecule has 2 rings (SSSR count). The minimum atomic E-state index is -0.437. The molecule has 0 spiro atoms. The summed E-state index contributed by atoms with van der Waals surface area (Å²) in [5.41, 5.74) is 7.19. The number of carbonyl (C=O) groups is 1. The molecule has 4 nitrogen and oxygen atoms in total. The Balaban J connectivity index is 2.26. The number of hydrogen-bond acceptors (Lipinski definition) is 3. The highest BCUT2D eigenvalue weighted by atomic mass is 16.6. The minimum Gasteiger partial charge on any atom is -0.423 e. The third-order valence-corrected chi connectivity index (χ3v) is 2.00. The summed E-state index contributed by atoms with van der Waals surface area (Å²) in [6, 6.07) is 7.76. The number of ether oxygens (including phenoxy) is 1. The Kier molecular flexibility index (Phi) is 1.90. The van der Waals surface area contributed by atoms with Crippen LogP contribution in [0.1, 0.15) is 17.4 Å². The van der Waals surface area contributed by atoms with Gasteiger partial charge in [-0.1, -0.05) is 24.3 Å². The molecule has 1 unspecified atom stereocenters. The molecule has 0 radical (unpaired) electrons. The molecular weight excluding hydrogens is 168 g/mol. The molecule has 4 heteroatoms. The quantitative estimate of drug-likeness (QED) is 0.680. The second-order valence-electron chi connectivity index (χ2n) is 2.91. The van der Waals surface area contributed by atoms with E-state index in [1.165, 1.54) is 0 Å². The second kappa shape index (κ2) is 3.06. The Morgan fingerprint density at radius 3 is 2.77 bits per heavy atom. The molecule has 1 amide bonds. The predicted molar refractivity (Wildman–Crippen MR) is 46.7 cm³/mol. The molecular formula is C9H10N2O2. The van der Waals surface area contributed by atoms with E-state index in [2.05, 4.69) is 10.9 Å². The maximum atomic E-state index is 10.7. The second-order valence-corrected chi connectivity index (χ2v) is 2.91. The number of nitrogens with one attached hydrogen (secondary N) is 2. The van der Waals surface area contributed by atoms with E-state index in [0.29, 0.717) is 0 Å². The lowest BCUT2D eigenvalue weighted by Crippen LogP contribution is -2.27. The van der Waals surface area contributed by atoms with Gasteiger partial charge in [0.2, 0.25) is 0 Å². The third kappa shape index (κ3) is 1.48. The molecule has 1 heterocycles. The van der Waals surface area contributed by atoms with Crippen molar-refractivity contribution in [2.24, 2.45) is 0 Å². The predicted octanol–water partition coefficient (Wildman–Crippen LogP) is 1.24. The van der Waals surface area contributed by atoms with Crippen LogP contribution >= 0.6 is 0 Å². The van der Waals surface area contributed by atoms with Crippen LogP contribution in [0.5, 0.6) is 0 Å². The van der Waals surface area contributed by atoms with Gasteiger partial charge in [-0.15, -0.1) is 0 Å². The summed E-state index contributed by atoms with van der Waals surface area (Å²) in [5.74, 6) is 0. The molecule has 0 aliphatic carbocycles. The summed E-state index contributed by atoms with van der Waals surface area (Å²) in [5, 5.41) is 0. The number of hydrogen-bond donors (Lipinski definition) is 2. The van der Waals surface area contributed by atoms with Gasteiger partial charge >= 0.3 is 6.09 Å². The summed E-state index contributed by atoms with van der Waals surface area (Å²) >= 11 is 0. The highest BCUT2D eigenvalue weighted by Gasteiger charge is 2.24. The van der Waals surface area contributed by atoms with E-state index in [1.54, 1.807) is 0 Å². The summed E-state index contributed by atoms with van der Waals surface area (Å²) in [7, 11) is 0. The van der Waals surface area contributed by atoms with Gasteiger partial charge in [0.15, 0.2) is 6.23 Å². The first-order valence-electron chi connectivity index (χ1n) is 4.05. The average molecular weight is 178 g/mol. The number of carbonyl (C=O) groups excluding carboxylic acids is 1. The lowest BCUT2D eigenvalue weighted by atomic mass is 10.1. The van der Waals surface area contributed by atoms with Crippen LogP contribution in [0.15, 0.2) is 24.3 Å². The molecule has 13 heavy (non-hydrogen) atoms. The largest absolute Gasteiger partial charge is 0.423 e. The van der Waals surface area contributed by atoms with Crippen molar-refractivity contribution in [1.29, 1.82) is 0 Å². The monoisotopic (exact) mass is 178 g/mol. The maximum absolute atomic E-state index is 10.7. The molecule has 1 atom stereocenters. The van der Waals surface area contributed by atoms with Gasteiger partial charge in [0.25, 0.3) is 0 Å². The number of benzene rings is 1.